The molecule has 27 heavy (non-hydrogen) atoms. The molecule has 2 rings (SSSR count). The number of nitrogens with one attached hydrogen (secondary N) is 2. The molecule has 0 saturated heterocycles. The molecular weight excluding hydrogens is 342 g/mol. The fraction of sp³-hybridized carbons (Fsp3) is 0.333. The van der Waals surface area contributed by atoms with Crippen LogP contribution in [-0.4, -0.2) is 32.5 Å². The Morgan fingerprint density at radius 2 is 1.70 bits per heavy atom. The van der Waals surface area contributed by atoms with Crippen LogP contribution >= 0.6 is 0 Å². The average molecular weight is 369 g/mol. The summed E-state index contributed by atoms with van der Waals surface area (Å²) in [5, 5.41) is 0. The van der Waals surface area contributed by atoms with Crippen LogP contribution in [0.3, 0.4) is 0 Å². The van der Waals surface area contributed by atoms with Crippen molar-refractivity contribution in [3.63, 3.8) is 0 Å². The maximum atomic E-state index is 12.1. The summed E-state index contributed by atoms with van der Waals surface area (Å²) in [6.45, 7) is 5.93. The second-order valence-corrected chi connectivity index (χ2v) is 6.93. The predicted octanol–water partition coefficient (Wildman–Crippen LogP) is 3.02. The van der Waals surface area contributed by atoms with Gasteiger partial charge in [-0.05, 0) is 54.3 Å². The second kappa shape index (κ2) is 9.07. The molecule has 0 aliphatic heterocycles. The summed E-state index contributed by atoms with van der Waals surface area (Å²) < 4.78 is 5.65. The number of hydrogen-bond acceptors (Lipinski definition) is 4. The van der Waals surface area contributed by atoms with E-state index in [0.717, 1.165) is 16.8 Å². The van der Waals surface area contributed by atoms with Crippen LogP contribution in [0.2, 0.25) is 0 Å². The molecule has 0 aliphatic rings. The zero-order valence-electron chi connectivity index (χ0n) is 16.5. The molecule has 0 atom stereocenters. The van der Waals surface area contributed by atoms with Gasteiger partial charge in [-0.3, -0.25) is 20.4 Å². The third-order valence-corrected chi connectivity index (χ3v) is 4.11. The van der Waals surface area contributed by atoms with Crippen molar-refractivity contribution in [1.82, 2.24) is 10.9 Å². The van der Waals surface area contributed by atoms with E-state index in [2.05, 4.69) is 24.7 Å². The molecule has 0 heterocycles. The summed E-state index contributed by atoms with van der Waals surface area (Å²) >= 11 is 0. The van der Waals surface area contributed by atoms with Crippen LogP contribution in [0.25, 0.3) is 0 Å². The molecule has 2 aromatic carbocycles. The molecule has 2 amide bonds. The van der Waals surface area contributed by atoms with Crippen LogP contribution < -0.4 is 20.5 Å². The summed E-state index contributed by atoms with van der Waals surface area (Å²) in [4.78, 5) is 26.1. The number of rotatable bonds is 6. The van der Waals surface area contributed by atoms with E-state index in [1.807, 2.05) is 56.3 Å². The molecule has 0 unspecified atom stereocenters. The quantitative estimate of drug-likeness (QED) is 0.768. The normalized spacial score (nSPS) is 10.4. The molecule has 2 aromatic rings. The topological polar surface area (TPSA) is 70.7 Å². The minimum Gasteiger partial charge on any atom is -0.483 e. The Labute approximate surface area is 160 Å². The number of nitrogens with zero attached hydrogens (tertiary/aromatic N) is 1. The number of carbonyl (C=O) groups excluding carboxylic acids is 2. The fourth-order valence-corrected chi connectivity index (χ4v) is 2.53. The Kier molecular flexibility index (Phi) is 6.82. The molecule has 0 aromatic heterocycles. The van der Waals surface area contributed by atoms with Crippen LogP contribution in [-0.2, 0) is 4.79 Å². The van der Waals surface area contributed by atoms with Crippen molar-refractivity contribution in [2.75, 3.05) is 25.6 Å². The van der Waals surface area contributed by atoms with Gasteiger partial charge in [-0.1, -0.05) is 26.0 Å². The van der Waals surface area contributed by atoms with E-state index >= 15 is 0 Å². The number of carbonyl (C=O) groups is 2. The van der Waals surface area contributed by atoms with Crippen LogP contribution in [0.4, 0.5) is 5.69 Å². The Balaban J connectivity index is 1.88. The first-order chi connectivity index (χ1) is 12.8. The maximum absolute atomic E-state index is 12.1. The summed E-state index contributed by atoms with van der Waals surface area (Å²) in [6, 6.07) is 13.0. The first-order valence-electron chi connectivity index (χ1n) is 8.88. The maximum Gasteiger partial charge on any atom is 0.276 e. The number of amides is 2. The second-order valence-electron chi connectivity index (χ2n) is 6.93. The van der Waals surface area contributed by atoms with Crippen molar-refractivity contribution in [2.45, 2.75) is 26.7 Å². The third-order valence-electron chi connectivity index (χ3n) is 4.11. The van der Waals surface area contributed by atoms with Crippen LogP contribution in [0.5, 0.6) is 5.75 Å². The standard InChI is InChI=1S/C21H27N3O3/c1-14(2)18-11-6-15(3)12-19(18)27-13-20(25)22-23-21(26)16-7-9-17(10-8-16)24(4)5/h6-12,14H,13H2,1-5H3,(H,22,25)(H,23,26). The van der Waals surface area contributed by atoms with Crippen molar-refractivity contribution in [3.05, 3.63) is 59.2 Å². The molecule has 6 heteroatoms. The van der Waals surface area contributed by atoms with E-state index in [1.54, 1.807) is 12.1 Å². The molecule has 2 N–H and O–H groups in total. The molecule has 0 saturated carbocycles. The van der Waals surface area contributed by atoms with E-state index in [1.165, 1.54) is 0 Å². The fourth-order valence-electron chi connectivity index (χ4n) is 2.53. The molecule has 6 nitrogen and oxygen atoms in total. The number of hydrazine groups is 1. The first-order valence-corrected chi connectivity index (χ1v) is 8.88. The van der Waals surface area contributed by atoms with Crippen molar-refractivity contribution >= 4 is 17.5 Å². The number of aryl methyl sites for hydroxylation is 1. The third kappa shape index (κ3) is 5.74. The van der Waals surface area contributed by atoms with E-state index in [-0.39, 0.29) is 18.4 Å². The number of hydrogen-bond donors (Lipinski definition) is 2. The van der Waals surface area contributed by atoms with Crippen LogP contribution in [0, 0.1) is 6.92 Å². The van der Waals surface area contributed by atoms with E-state index < -0.39 is 5.91 Å². The molecular formula is C21H27N3O3. The highest BCUT2D eigenvalue weighted by Gasteiger charge is 2.11. The Hall–Kier alpha value is -3.02. The van der Waals surface area contributed by atoms with Crippen LogP contribution in [0.15, 0.2) is 42.5 Å². The number of benzene rings is 2. The van der Waals surface area contributed by atoms with Crippen molar-refractivity contribution in [1.29, 1.82) is 0 Å². The predicted molar refractivity (Wildman–Crippen MR) is 107 cm³/mol. The van der Waals surface area contributed by atoms with Crippen LogP contribution in [0.1, 0.15) is 41.3 Å². The summed E-state index contributed by atoms with van der Waals surface area (Å²) in [5.41, 5.74) is 8.33. The van der Waals surface area contributed by atoms with Gasteiger partial charge in [0.2, 0.25) is 0 Å². The van der Waals surface area contributed by atoms with E-state index in [0.29, 0.717) is 11.3 Å². The minimum atomic E-state index is -0.426. The SMILES string of the molecule is Cc1ccc(C(C)C)c(OCC(=O)NNC(=O)c2ccc(N(C)C)cc2)c1. The highest BCUT2D eigenvalue weighted by Crippen LogP contribution is 2.27. The monoisotopic (exact) mass is 369 g/mol. The highest BCUT2D eigenvalue weighted by molar-refractivity contribution is 5.95. The zero-order valence-corrected chi connectivity index (χ0v) is 16.5. The number of ether oxygens (including phenoxy) is 1. The van der Waals surface area contributed by atoms with E-state index in [4.69, 9.17) is 4.74 Å². The lowest BCUT2D eigenvalue weighted by atomic mass is 10.0. The molecule has 0 radical (unpaired) electrons. The summed E-state index contributed by atoms with van der Waals surface area (Å²) in [5.74, 6) is 0.163. The molecule has 0 bridgehead atoms. The average Bonchev–Trinajstić information content (AvgIpc) is 2.64. The molecule has 0 spiro atoms. The van der Waals surface area contributed by atoms with Gasteiger partial charge in [-0.2, -0.15) is 0 Å². The molecule has 0 fully saturated rings. The van der Waals surface area contributed by atoms with Crippen molar-refractivity contribution in [3.8, 4) is 5.75 Å². The van der Waals surface area contributed by atoms with Gasteiger partial charge in [0.05, 0.1) is 0 Å². The summed E-state index contributed by atoms with van der Waals surface area (Å²) in [6.07, 6.45) is 0. The zero-order chi connectivity index (χ0) is 20.0. The van der Waals surface area contributed by atoms with Gasteiger partial charge in [0.1, 0.15) is 5.75 Å². The lowest BCUT2D eigenvalue weighted by Gasteiger charge is -2.15. The Morgan fingerprint density at radius 3 is 2.30 bits per heavy atom. The lowest BCUT2D eigenvalue weighted by Crippen LogP contribution is -2.43. The first kappa shape index (κ1) is 20.3. The minimum absolute atomic E-state index is 0.178. The van der Waals surface area contributed by atoms with Gasteiger partial charge in [-0.25, -0.2) is 0 Å². The van der Waals surface area contributed by atoms with Gasteiger partial charge in [0, 0.05) is 25.3 Å². The Morgan fingerprint density at radius 1 is 1.04 bits per heavy atom. The van der Waals surface area contributed by atoms with Gasteiger partial charge in [-0.15, -0.1) is 0 Å². The molecule has 144 valence electrons. The molecule has 0 aliphatic carbocycles. The van der Waals surface area contributed by atoms with Crippen molar-refractivity contribution in [2.24, 2.45) is 0 Å². The van der Waals surface area contributed by atoms with Gasteiger partial charge in [0.25, 0.3) is 11.8 Å². The summed E-state index contributed by atoms with van der Waals surface area (Å²) in [7, 11) is 3.85. The van der Waals surface area contributed by atoms with Gasteiger partial charge >= 0.3 is 0 Å². The Bertz CT molecular complexity index is 799. The number of anilines is 1. The highest BCUT2D eigenvalue weighted by atomic mass is 16.5. The van der Waals surface area contributed by atoms with Gasteiger partial charge in [0.15, 0.2) is 6.61 Å². The smallest absolute Gasteiger partial charge is 0.276 e. The lowest BCUT2D eigenvalue weighted by molar-refractivity contribution is -0.123. The van der Waals surface area contributed by atoms with E-state index in [9.17, 15) is 9.59 Å². The van der Waals surface area contributed by atoms with Gasteiger partial charge < -0.3 is 9.64 Å². The van der Waals surface area contributed by atoms with Crippen molar-refractivity contribution < 1.29 is 14.3 Å². The largest absolute Gasteiger partial charge is 0.483 e.